The summed E-state index contributed by atoms with van der Waals surface area (Å²) >= 11 is 1.24. The Balaban J connectivity index is 0.000000222. The van der Waals surface area contributed by atoms with Crippen molar-refractivity contribution in [2.75, 3.05) is 20.1 Å². The molecule has 5 rings (SSSR count). The van der Waals surface area contributed by atoms with Gasteiger partial charge in [0.05, 0.1) is 0 Å². The number of primary amides is 1. The number of fused-ring (bicyclic) bond motifs is 1. The molecule has 1 saturated heterocycles. The van der Waals surface area contributed by atoms with Crippen molar-refractivity contribution in [2.45, 2.75) is 64.9 Å². The third-order valence-electron chi connectivity index (χ3n) is 6.79. The van der Waals surface area contributed by atoms with E-state index in [0.717, 1.165) is 49.5 Å². The summed E-state index contributed by atoms with van der Waals surface area (Å²) in [5.74, 6) is 1.38. The fourth-order valence-corrected chi connectivity index (χ4v) is 5.66. The van der Waals surface area contributed by atoms with Gasteiger partial charge in [-0.05, 0) is 99.5 Å². The molecule has 3 N–H and O–H groups in total. The number of rotatable bonds is 7. The lowest BCUT2D eigenvalue weighted by Gasteiger charge is -2.21. The lowest BCUT2D eigenvalue weighted by molar-refractivity contribution is 0.1000. The summed E-state index contributed by atoms with van der Waals surface area (Å²) in [5.41, 5.74) is 10.8. The zero-order chi connectivity index (χ0) is 26.4. The smallest absolute Gasteiger partial charge is 0.322 e. The molecule has 2 aliphatic rings. The molecule has 0 bridgehead atoms. The molecular weight excluding hydrogens is 486 g/mol. The Labute approximate surface area is 222 Å². The number of aryl methyl sites for hydroxylation is 1. The molecule has 3 aromatic rings. The maximum atomic E-state index is 11.2. The highest BCUT2D eigenvalue weighted by molar-refractivity contribution is 7.08. The Morgan fingerprint density at radius 3 is 2.62 bits per heavy atom. The highest BCUT2D eigenvalue weighted by Crippen LogP contribution is 2.27. The standard InChI is InChI=1S/C21H26N2O2.C7H11N3OS/c1-14(2)11-17-12-16(19-5-3-4-6-20(19)23-17)13-25-18-9-7-15(8-10-18)21(22)24;1-10-3-2-5(4-10)6-8-9-7(11)12-6/h7-10,12,14H,3-6,11,13H2,1-2H3,(H2,22,24);5H,2-4H2,1H3,(H,9,11)/t;5-/m.1/s1. The molecule has 0 saturated carbocycles. The van der Waals surface area contributed by atoms with Gasteiger partial charge in [-0.25, -0.2) is 5.10 Å². The number of likely N-dealkylation sites (N-methyl/N-ethyl adjacent to an activating group) is 1. The van der Waals surface area contributed by atoms with Crippen LogP contribution < -0.4 is 15.3 Å². The van der Waals surface area contributed by atoms with Crippen LogP contribution in [0.3, 0.4) is 0 Å². The van der Waals surface area contributed by atoms with Gasteiger partial charge in [0.25, 0.3) is 0 Å². The number of pyridine rings is 1. The van der Waals surface area contributed by atoms with Gasteiger partial charge in [0.2, 0.25) is 5.91 Å². The van der Waals surface area contributed by atoms with E-state index in [9.17, 15) is 9.59 Å². The Kier molecular flexibility index (Phi) is 9.10. The summed E-state index contributed by atoms with van der Waals surface area (Å²) < 4.78 is 5.97. The van der Waals surface area contributed by atoms with Crippen molar-refractivity contribution in [1.82, 2.24) is 20.1 Å². The van der Waals surface area contributed by atoms with E-state index in [4.69, 9.17) is 15.5 Å². The predicted octanol–water partition coefficient (Wildman–Crippen LogP) is 4.09. The molecule has 1 amide bonds. The second kappa shape index (κ2) is 12.5. The predicted molar refractivity (Wildman–Crippen MR) is 146 cm³/mol. The Morgan fingerprint density at radius 2 is 2.00 bits per heavy atom. The number of likely N-dealkylation sites (tertiary alicyclic amines) is 1. The van der Waals surface area contributed by atoms with Crippen LogP contribution in [0, 0.1) is 5.92 Å². The SMILES string of the molecule is CC(C)Cc1cc(COc2ccc(C(N)=O)cc2)c2c(n1)CCCC2.CN1CC[C@@H](c2n[nH]c(=O)s2)C1. The molecule has 37 heavy (non-hydrogen) atoms. The van der Waals surface area contributed by atoms with Crippen LogP contribution in [0.4, 0.5) is 0 Å². The number of carbonyl (C=O) groups is 1. The van der Waals surface area contributed by atoms with Crippen molar-refractivity contribution in [2.24, 2.45) is 11.7 Å². The van der Waals surface area contributed by atoms with Crippen molar-refractivity contribution in [3.05, 3.63) is 73.1 Å². The van der Waals surface area contributed by atoms with Crippen molar-refractivity contribution < 1.29 is 9.53 Å². The van der Waals surface area contributed by atoms with Gasteiger partial charge >= 0.3 is 4.87 Å². The molecule has 2 aromatic heterocycles. The van der Waals surface area contributed by atoms with Crippen LogP contribution in [0.25, 0.3) is 0 Å². The van der Waals surface area contributed by atoms with Crippen molar-refractivity contribution in [1.29, 1.82) is 0 Å². The number of hydrogen-bond acceptors (Lipinski definition) is 7. The van der Waals surface area contributed by atoms with Crippen molar-refractivity contribution in [3.8, 4) is 5.75 Å². The van der Waals surface area contributed by atoms with E-state index in [1.165, 1.54) is 46.7 Å². The molecule has 1 aliphatic carbocycles. The summed E-state index contributed by atoms with van der Waals surface area (Å²) in [7, 11) is 2.09. The molecular formula is C28H37N5O3S. The number of nitrogens with zero attached hydrogens (tertiary/aromatic N) is 3. The first-order chi connectivity index (χ1) is 17.8. The number of aromatic amines is 1. The second-order valence-corrected chi connectivity index (χ2v) is 11.4. The molecule has 0 unspecified atom stereocenters. The summed E-state index contributed by atoms with van der Waals surface area (Å²) in [6.45, 7) is 7.11. The summed E-state index contributed by atoms with van der Waals surface area (Å²) in [4.78, 5) is 29.1. The van der Waals surface area contributed by atoms with E-state index >= 15 is 0 Å². The van der Waals surface area contributed by atoms with Crippen molar-refractivity contribution in [3.63, 3.8) is 0 Å². The first kappa shape index (κ1) is 27.0. The Hall–Kier alpha value is -3.04. The summed E-state index contributed by atoms with van der Waals surface area (Å²) in [5, 5.41) is 7.40. The lowest BCUT2D eigenvalue weighted by Crippen LogP contribution is -2.13. The maximum absolute atomic E-state index is 11.2. The molecule has 3 heterocycles. The number of hydrogen-bond donors (Lipinski definition) is 2. The molecule has 1 fully saturated rings. The fraction of sp³-hybridized carbons (Fsp3) is 0.500. The van der Waals surface area contributed by atoms with Crippen LogP contribution in [0.2, 0.25) is 0 Å². The fourth-order valence-electron chi connectivity index (χ4n) is 4.93. The van der Waals surface area contributed by atoms with Gasteiger partial charge in [-0.1, -0.05) is 25.2 Å². The van der Waals surface area contributed by atoms with Crippen LogP contribution in [0.1, 0.15) is 76.9 Å². The molecule has 0 radical (unpaired) electrons. The van der Waals surface area contributed by atoms with E-state index in [-0.39, 0.29) is 4.87 Å². The van der Waals surface area contributed by atoms with Crippen LogP contribution in [0.15, 0.2) is 35.1 Å². The highest BCUT2D eigenvalue weighted by atomic mass is 32.1. The minimum atomic E-state index is -0.423. The van der Waals surface area contributed by atoms with Gasteiger partial charge in [0.1, 0.15) is 17.4 Å². The second-order valence-electron chi connectivity index (χ2n) is 10.4. The minimum Gasteiger partial charge on any atom is -0.489 e. The Bertz CT molecular complexity index is 1250. The Morgan fingerprint density at radius 1 is 1.24 bits per heavy atom. The molecule has 1 aromatic carbocycles. The summed E-state index contributed by atoms with van der Waals surface area (Å²) in [6.07, 6.45) is 6.72. The van der Waals surface area contributed by atoms with E-state index < -0.39 is 5.91 Å². The third-order valence-corrected chi connectivity index (χ3v) is 7.70. The minimum absolute atomic E-state index is 0.0421. The van der Waals surface area contributed by atoms with Gasteiger partial charge in [-0.3, -0.25) is 14.6 Å². The molecule has 0 spiro atoms. The number of carbonyl (C=O) groups excluding carboxylic acids is 1. The molecule has 198 valence electrons. The van der Waals surface area contributed by atoms with Gasteiger partial charge in [0, 0.05) is 29.4 Å². The van der Waals surface area contributed by atoms with E-state index in [1.54, 1.807) is 24.3 Å². The van der Waals surface area contributed by atoms with Gasteiger partial charge in [-0.2, -0.15) is 5.10 Å². The number of ether oxygens (including phenoxy) is 1. The van der Waals surface area contributed by atoms with E-state index in [1.807, 2.05) is 0 Å². The topological polar surface area (TPSA) is 114 Å². The molecule has 8 nitrogen and oxygen atoms in total. The number of benzene rings is 1. The number of aromatic nitrogens is 3. The van der Waals surface area contributed by atoms with Crippen LogP contribution in [-0.2, 0) is 25.9 Å². The molecule has 9 heteroatoms. The summed E-state index contributed by atoms with van der Waals surface area (Å²) in [6, 6.07) is 9.20. The highest BCUT2D eigenvalue weighted by Gasteiger charge is 2.23. The van der Waals surface area contributed by atoms with Crippen LogP contribution >= 0.6 is 11.3 Å². The average Bonchev–Trinajstić information content (AvgIpc) is 3.50. The molecule has 1 atom stereocenters. The zero-order valence-corrected chi connectivity index (χ0v) is 22.8. The first-order valence-corrected chi connectivity index (χ1v) is 13.9. The van der Waals surface area contributed by atoms with E-state index in [2.05, 4.69) is 42.1 Å². The van der Waals surface area contributed by atoms with Crippen molar-refractivity contribution >= 4 is 17.2 Å². The number of nitrogens with one attached hydrogen (secondary N) is 1. The maximum Gasteiger partial charge on any atom is 0.322 e. The monoisotopic (exact) mass is 523 g/mol. The third kappa shape index (κ3) is 7.49. The molecule has 1 aliphatic heterocycles. The number of H-pyrrole nitrogens is 1. The van der Waals surface area contributed by atoms with E-state index in [0.29, 0.717) is 24.0 Å². The number of amides is 1. The zero-order valence-electron chi connectivity index (χ0n) is 22.0. The average molecular weight is 524 g/mol. The largest absolute Gasteiger partial charge is 0.489 e. The van der Waals surface area contributed by atoms with Crippen LogP contribution in [0.5, 0.6) is 5.75 Å². The normalized spacial score (nSPS) is 17.2. The first-order valence-electron chi connectivity index (χ1n) is 13.1. The quantitative estimate of drug-likeness (QED) is 0.482. The van der Waals surface area contributed by atoms with Gasteiger partial charge in [-0.15, -0.1) is 0 Å². The van der Waals surface area contributed by atoms with Gasteiger partial charge < -0.3 is 15.4 Å². The number of nitrogens with two attached hydrogens (primary N) is 1. The van der Waals surface area contributed by atoms with Gasteiger partial charge in [0.15, 0.2) is 0 Å². The lowest BCUT2D eigenvalue weighted by atomic mass is 9.91. The van der Waals surface area contributed by atoms with Crippen LogP contribution in [-0.4, -0.2) is 46.1 Å².